The summed E-state index contributed by atoms with van der Waals surface area (Å²) in [6, 6.07) is 12.8. The zero-order chi connectivity index (χ0) is 55.2. The van der Waals surface area contributed by atoms with Crippen LogP contribution < -0.4 is 15.4 Å². The number of H-pyrrole nitrogens is 2. The summed E-state index contributed by atoms with van der Waals surface area (Å²) in [7, 11) is 2.62. The molecule has 420 valence electrons. The van der Waals surface area contributed by atoms with E-state index in [1.165, 1.54) is 37.5 Å². The van der Waals surface area contributed by atoms with Crippen LogP contribution in [0.1, 0.15) is 167 Å². The van der Waals surface area contributed by atoms with Crippen molar-refractivity contribution in [1.82, 2.24) is 35.5 Å². The first-order valence-electron chi connectivity index (χ1n) is 28.8. The van der Waals surface area contributed by atoms with Crippen LogP contribution in [0.5, 0.6) is 5.75 Å². The fourth-order valence-electron chi connectivity index (χ4n) is 13.5. The molecule has 3 aliphatic carbocycles. The number of aromatic nitrogens is 4. The average molecular weight is 1100 g/mol. The lowest BCUT2D eigenvalue weighted by Crippen LogP contribution is -2.51. The maximum atomic E-state index is 17.4. The third-order valence-electron chi connectivity index (χ3n) is 18.2. The fourth-order valence-corrected chi connectivity index (χ4v) is 14.8. The van der Waals surface area contributed by atoms with E-state index in [1.54, 1.807) is 17.2 Å². The van der Waals surface area contributed by atoms with Gasteiger partial charge in [0.25, 0.3) is 0 Å². The highest BCUT2D eigenvalue weighted by atomic mass is 32.1. The number of carbonyl (C=O) groups excluding carboxylic acids is 4. The maximum Gasteiger partial charge on any atom is 0.407 e. The number of carbonyl (C=O) groups is 4. The van der Waals surface area contributed by atoms with Crippen LogP contribution in [0.25, 0.3) is 34.2 Å². The number of benzene rings is 2. The average Bonchev–Trinajstić information content (AvgIpc) is 4.05. The minimum atomic E-state index is -0.767. The van der Waals surface area contributed by atoms with Gasteiger partial charge in [-0.05, 0) is 154 Å². The molecule has 0 radical (unpaired) electrons. The predicted molar refractivity (Wildman–Crippen MR) is 301 cm³/mol. The number of aromatic amines is 2. The van der Waals surface area contributed by atoms with E-state index in [1.807, 2.05) is 44.4 Å². The first kappa shape index (κ1) is 54.6. The monoisotopic (exact) mass is 1100 g/mol. The molecule has 0 spiro atoms. The third-order valence-corrected chi connectivity index (χ3v) is 19.3. The molecule has 3 aromatic heterocycles. The smallest absolute Gasteiger partial charge is 0.407 e. The van der Waals surface area contributed by atoms with Crippen molar-refractivity contribution >= 4 is 46.9 Å². The van der Waals surface area contributed by atoms with E-state index in [0.717, 1.165) is 71.1 Å². The van der Waals surface area contributed by atoms with E-state index in [2.05, 4.69) is 70.9 Å². The van der Waals surface area contributed by atoms with Crippen molar-refractivity contribution in [3.8, 4) is 28.3 Å². The molecule has 15 nitrogen and oxygen atoms in total. The SMILES string of the molecule is COC(=O)NC(C(=O)N1CCCC1c1ncc(-c2cc(F)c3c(c2)OC(c2ccc(CC4CC4)s2)C2CC3=Cc3cc(-c4cnc(C5CCCC(C)C(C(=O)C(NC(=O)OC)C6CCOC(C)C6)C5)[nH]4)ccc3C2C)[nH]1)C(C)C. The molecule has 4 fully saturated rings. The van der Waals surface area contributed by atoms with E-state index >= 15 is 4.39 Å². The number of ether oxygens (including phenoxy) is 4. The van der Waals surface area contributed by atoms with Gasteiger partial charge < -0.3 is 44.4 Å². The highest BCUT2D eigenvalue weighted by Crippen LogP contribution is 2.54. The highest BCUT2D eigenvalue weighted by molar-refractivity contribution is 7.12. The van der Waals surface area contributed by atoms with E-state index in [4.69, 9.17) is 28.9 Å². The zero-order valence-electron chi connectivity index (χ0n) is 46.6. The van der Waals surface area contributed by atoms with Gasteiger partial charge in [0.05, 0.1) is 61.8 Å². The fraction of sp³-hybridized carbons (Fsp3) is 0.548. The van der Waals surface area contributed by atoms with Crippen LogP contribution in [0.3, 0.4) is 0 Å². The Balaban J connectivity index is 0.899. The van der Waals surface area contributed by atoms with Gasteiger partial charge in [-0.25, -0.2) is 23.9 Å². The number of fused-ring (bicyclic) bond motifs is 5. The van der Waals surface area contributed by atoms with Gasteiger partial charge in [-0.2, -0.15) is 0 Å². The number of nitrogens with zero attached hydrogens (tertiary/aromatic N) is 3. The number of rotatable bonds is 14. The summed E-state index contributed by atoms with van der Waals surface area (Å²) in [4.78, 5) is 74.7. The Labute approximate surface area is 466 Å². The van der Waals surface area contributed by atoms with Gasteiger partial charge >= 0.3 is 12.2 Å². The number of Topliss-reactive ketones (excluding diaryl/α,β-unsaturated/α-hetero) is 1. The second-order valence-corrected chi connectivity index (χ2v) is 25.0. The molecule has 5 aromatic rings. The molecule has 79 heavy (non-hydrogen) atoms. The quantitative estimate of drug-likeness (QED) is 0.0779. The number of methoxy groups -OCH3 is 2. The Morgan fingerprint density at radius 1 is 0.861 bits per heavy atom. The number of amides is 3. The molecule has 2 saturated heterocycles. The number of ketones is 1. The molecular weight excluding hydrogens is 1020 g/mol. The van der Waals surface area contributed by atoms with E-state index in [-0.39, 0.29) is 71.4 Å². The van der Waals surface area contributed by atoms with Crippen LogP contribution in [0.2, 0.25) is 0 Å². The van der Waals surface area contributed by atoms with Crippen LogP contribution in [0, 0.1) is 41.3 Å². The van der Waals surface area contributed by atoms with E-state index < -0.39 is 30.1 Å². The lowest BCUT2D eigenvalue weighted by Gasteiger charge is -2.35. The van der Waals surface area contributed by atoms with Crippen molar-refractivity contribution in [3.63, 3.8) is 0 Å². The summed E-state index contributed by atoms with van der Waals surface area (Å²) < 4.78 is 40.3. The summed E-state index contributed by atoms with van der Waals surface area (Å²) in [5, 5.41) is 5.66. The Morgan fingerprint density at radius 3 is 2.38 bits per heavy atom. The van der Waals surface area contributed by atoms with Crippen LogP contribution in [-0.4, -0.2) is 94.3 Å². The number of hydrogen-bond donors (Lipinski definition) is 4. The molecule has 11 rings (SSSR count). The standard InChI is InChI=1S/C62H76FN7O8S/c1-32(2)54(68-61(73)75-6)60(72)70-20-9-12-50(70)59-65-31-49(67-59)41-28-47(63)53-42-25-40-24-37(15-17-44(40)35(5)46(27-42)57(78-51(53)29-41)52-18-16-43(79-52)23-36-13-14-36)48-30-64-58(66-48)39-11-8-10-33(3)45(26-39)56(71)55(69-62(74)76-7)38-19-21-77-34(4)22-38/h15-18,24-25,28-36,38-39,45-46,50,54-55,57H,8-14,19-23,26-27H2,1-7H3,(H,64,66)(H,65,67)(H,68,73)(H,69,74). The van der Waals surface area contributed by atoms with Crippen LogP contribution >= 0.6 is 11.3 Å². The second kappa shape index (κ2) is 23.0. The normalized spacial score (nSPS) is 26.5. The van der Waals surface area contributed by atoms with Gasteiger partial charge in [0, 0.05) is 51.8 Å². The molecule has 11 unspecified atom stereocenters. The molecule has 3 aliphatic heterocycles. The molecule has 2 bridgehead atoms. The number of imidazole rings is 2. The van der Waals surface area contributed by atoms with Gasteiger partial charge in [0.2, 0.25) is 5.91 Å². The van der Waals surface area contributed by atoms with Gasteiger partial charge in [0.15, 0.2) is 5.78 Å². The third kappa shape index (κ3) is 11.4. The molecule has 2 saturated carbocycles. The minimum absolute atomic E-state index is 0.00174. The molecule has 2 aromatic carbocycles. The summed E-state index contributed by atoms with van der Waals surface area (Å²) in [6.45, 7) is 11.3. The van der Waals surface area contributed by atoms with Gasteiger partial charge in [-0.15, -0.1) is 11.3 Å². The lowest BCUT2D eigenvalue weighted by atomic mass is 9.76. The summed E-state index contributed by atoms with van der Waals surface area (Å²) in [5.41, 5.74) is 6.55. The lowest BCUT2D eigenvalue weighted by molar-refractivity contribution is -0.135. The molecule has 6 aliphatic rings. The predicted octanol–water partition coefficient (Wildman–Crippen LogP) is 12.5. The number of halogens is 1. The van der Waals surface area contributed by atoms with Crippen molar-refractivity contribution < 1.29 is 42.5 Å². The Hall–Kier alpha value is -6.33. The van der Waals surface area contributed by atoms with Crippen molar-refractivity contribution in [2.75, 3.05) is 27.4 Å². The minimum Gasteiger partial charge on any atom is -0.484 e. The number of alkyl carbamates (subject to hydrolysis) is 2. The second-order valence-electron chi connectivity index (χ2n) is 23.8. The molecule has 11 atom stereocenters. The molecule has 3 amide bonds. The van der Waals surface area contributed by atoms with Gasteiger partial charge in [0.1, 0.15) is 35.4 Å². The molecular formula is C62H76FN7O8S. The largest absolute Gasteiger partial charge is 0.484 e. The van der Waals surface area contributed by atoms with Crippen LogP contribution in [0.4, 0.5) is 14.0 Å². The summed E-state index contributed by atoms with van der Waals surface area (Å²) >= 11 is 1.81. The molecule has 6 heterocycles. The van der Waals surface area contributed by atoms with Gasteiger partial charge in [-0.3, -0.25) is 9.59 Å². The Morgan fingerprint density at radius 2 is 1.62 bits per heavy atom. The first-order valence-corrected chi connectivity index (χ1v) is 29.6. The summed E-state index contributed by atoms with van der Waals surface area (Å²) in [6.07, 6.45) is 14.6. The van der Waals surface area contributed by atoms with E-state index in [0.29, 0.717) is 73.7 Å². The number of hydrogen-bond acceptors (Lipinski definition) is 11. The maximum absolute atomic E-state index is 17.4. The topological polar surface area (TPSA) is 190 Å². The van der Waals surface area contributed by atoms with Crippen molar-refractivity contribution in [1.29, 1.82) is 0 Å². The van der Waals surface area contributed by atoms with Gasteiger partial charge in [-0.1, -0.05) is 52.3 Å². The van der Waals surface area contributed by atoms with Crippen molar-refractivity contribution in [3.05, 3.63) is 98.8 Å². The highest BCUT2D eigenvalue weighted by Gasteiger charge is 2.43. The Bertz CT molecular complexity index is 3110. The first-order chi connectivity index (χ1) is 38.1. The number of nitrogens with one attached hydrogen (secondary N) is 4. The number of likely N-dealkylation sites (tertiary alicyclic amines) is 1. The Kier molecular flexibility index (Phi) is 15.9. The van der Waals surface area contributed by atoms with Crippen molar-refractivity contribution in [2.45, 2.75) is 154 Å². The molecule has 17 heteroatoms. The summed E-state index contributed by atoms with van der Waals surface area (Å²) in [5.74, 6) is 1.83. The van der Waals surface area contributed by atoms with Crippen LogP contribution in [0.15, 0.2) is 54.9 Å². The number of allylic oxidation sites excluding steroid dienone is 1. The molecule has 4 N–H and O–H groups in total. The number of thiophene rings is 1. The van der Waals surface area contributed by atoms with E-state index in [9.17, 15) is 19.2 Å². The van der Waals surface area contributed by atoms with Crippen molar-refractivity contribution in [2.24, 2.45) is 35.5 Å². The zero-order valence-corrected chi connectivity index (χ0v) is 47.4. The van der Waals surface area contributed by atoms with Crippen LogP contribution in [-0.2, 0) is 30.2 Å².